The third-order valence-corrected chi connectivity index (χ3v) is 3.44. The van der Waals surface area contributed by atoms with E-state index >= 15 is 0 Å². The van der Waals surface area contributed by atoms with E-state index in [0.29, 0.717) is 12.4 Å². The summed E-state index contributed by atoms with van der Waals surface area (Å²) in [5.74, 6) is 2.11. The van der Waals surface area contributed by atoms with Crippen LogP contribution in [-0.2, 0) is 12.4 Å². The van der Waals surface area contributed by atoms with E-state index < -0.39 is 0 Å². The van der Waals surface area contributed by atoms with Crippen LogP contribution < -0.4 is 5.32 Å². The van der Waals surface area contributed by atoms with Gasteiger partial charge in [-0.2, -0.15) is 0 Å². The Labute approximate surface area is 121 Å². The maximum Gasteiger partial charge on any atom is 0.203 e. The zero-order chi connectivity index (χ0) is 13.9. The first-order chi connectivity index (χ1) is 9.78. The molecule has 5 nitrogen and oxygen atoms in total. The first-order valence-corrected chi connectivity index (χ1v) is 6.85. The van der Waals surface area contributed by atoms with Crippen molar-refractivity contribution in [3.05, 3.63) is 53.6 Å². The fraction of sp³-hybridized carbons (Fsp3) is 0.214. The second-order valence-electron chi connectivity index (χ2n) is 4.52. The van der Waals surface area contributed by atoms with Crippen molar-refractivity contribution in [2.24, 2.45) is 0 Å². The largest absolute Gasteiger partial charge is 0.363 e. The summed E-state index contributed by atoms with van der Waals surface area (Å²) in [4.78, 5) is 4.31. The SMILES string of the molecule is Cc1nnc2c(NCc3ccc(CCl)cc3)nccn12. The van der Waals surface area contributed by atoms with E-state index in [1.807, 2.05) is 29.7 Å². The van der Waals surface area contributed by atoms with Crippen LogP contribution in [0.4, 0.5) is 5.82 Å². The van der Waals surface area contributed by atoms with Crippen LogP contribution in [0.5, 0.6) is 0 Å². The number of halogens is 1. The highest BCUT2D eigenvalue weighted by atomic mass is 35.5. The third-order valence-electron chi connectivity index (χ3n) is 3.13. The van der Waals surface area contributed by atoms with Crippen LogP contribution >= 0.6 is 11.6 Å². The first kappa shape index (κ1) is 12.9. The summed E-state index contributed by atoms with van der Waals surface area (Å²) >= 11 is 5.78. The van der Waals surface area contributed by atoms with Crippen LogP contribution in [0.15, 0.2) is 36.7 Å². The van der Waals surface area contributed by atoms with Crippen molar-refractivity contribution in [3.8, 4) is 0 Å². The maximum atomic E-state index is 5.78. The molecule has 0 spiro atoms. The minimum absolute atomic E-state index is 0.535. The Balaban J connectivity index is 1.79. The number of aromatic nitrogens is 4. The molecule has 0 aliphatic carbocycles. The molecular weight excluding hydrogens is 274 g/mol. The van der Waals surface area contributed by atoms with E-state index in [1.165, 1.54) is 5.56 Å². The van der Waals surface area contributed by atoms with Gasteiger partial charge in [0.05, 0.1) is 0 Å². The lowest BCUT2D eigenvalue weighted by atomic mass is 10.1. The molecule has 0 aliphatic rings. The number of nitrogens with one attached hydrogen (secondary N) is 1. The molecule has 1 aromatic carbocycles. The lowest BCUT2D eigenvalue weighted by Crippen LogP contribution is -2.04. The van der Waals surface area contributed by atoms with Gasteiger partial charge in [-0.1, -0.05) is 24.3 Å². The number of nitrogens with zero attached hydrogens (tertiary/aromatic N) is 4. The fourth-order valence-corrected chi connectivity index (χ4v) is 2.18. The Morgan fingerprint density at radius 1 is 1.15 bits per heavy atom. The molecule has 3 aromatic rings. The van der Waals surface area contributed by atoms with E-state index in [-0.39, 0.29) is 0 Å². The molecule has 0 atom stereocenters. The van der Waals surface area contributed by atoms with Crippen LogP contribution in [0.1, 0.15) is 17.0 Å². The van der Waals surface area contributed by atoms with Gasteiger partial charge in [-0.05, 0) is 18.1 Å². The Hall–Kier alpha value is -2.14. The number of hydrogen-bond acceptors (Lipinski definition) is 4. The van der Waals surface area contributed by atoms with Gasteiger partial charge in [0.1, 0.15) is 5.82 Å². The molecule has 2 aromatic heterocycles. The zero-order valence-corrected chi connectivity index (χ0v) is 11.8. The van der Waals surface area contributed by atoms with Crippen molar-refractivity contribution in [1.82, 2.24) is 19.6 Å². The highest BCUT2D eigenvalue weighted by molar-refractivity contribution is 6.17. The highest BCUT2D eigenvalue weighted by Gasteiger charge is 2.07. The summed E-state index contributed by atoms with van der Waals surface area (Å²) in [5.41, 5.74) is 3.02. The molecular formula is C14H14ClN5. The summed E-state index contributed by atoms with van der Waals surface area (Å²) in [7, 11) is 0. The summed E-state index contributed by atoms with van der Waals surface area (Å²) in [5, 5.41) is 11.5. The maximum absolute atomic E-state index is 5.78. The first-order valence-electron chi connectivity index (χ1n) is 6.32. The fourth-order valence-electron chi connectivity index (χ4n) is 2.00. The summed E-state index contributed by atoms with van der Waals surface area (Å²) < 4.78 is 1.91. The van der Waals surface area contributed by atoms with Gasteiger partial charge in [0, 0.05) is 24.8 Å². The number of hydrogen-bond donors (Lipinski definition) is 1. The molecule has 2 heterocycles. The molecule has 0 aliphatic heterocycles. The monoisotopic (exact) mass is 287 g/mol. The molecule has 0 saturated carbocycles. The van der Waals surface area contributed by atoms with Crippen LogP contribution in [-0.4, -0.2) is 19.6 Å². The minimum atomic E-state index is 0.535. The topological polar surface area (TPSA) is 55.1 Å². The molecule has 3 rings (SSSR count). The van der Waals surface area contributed by atoms with Gasteiger partial charge in [-0.25, -0.2) is 4.98 Å². The second-order valence-corrected chi connectivity index (χ2v) is 4.79. The smallest absolute Gasteiger partial charge is 0.203 e. The van der Waals surface area contributed by atoms with E-state index in [9.17, 15) is 0 Å². The number of benzene rings is 1. The predicted molar refractivity (Wildman–Crippen MR) is 78.8 cm³/mol. The van der Waals surface area contributed by atoms with Gasteiger partial charge in [-0.15, -0.1) is 21.8 Å². The molecule has 0 saturated heterocycles. The number of aryl methyl sites for hydroxylation is 1. The van der Waals surface area contributed by atoms with Crippen LogP contribution in [0.2, 0.25) is 0 Å². The van der Waals surface area contributed by atoms with E-state index in [0.717, 1.165) is 22.9 Å². The van der Waals surface area contributed by atoms with Crippen molar-refractivity contribution in [2.45, 2.75) is 19.3 Å². The summed E-state index contributed by atoms with van der Waals surface area (Å²) in [6, 6.07) is 8.17. The molecule has 6 heteroatoms. The average Bonchev–Trinajstić information content (AvgIpc) is 2.88. The Morgan fingerprint density at radius 2 is 1.90 bits per heavy atom. The minimum Gasteiger partial charge on any atom is -0.363 e. The molecule has 0 radical (unpaired) electrons. The third kappa shape index (κ3) is 2.44. The molecule has 0 fully saturated rings. The van der Waals surface area contributed by atoms with Gasteiger partial charge < -0.3 is 5.32 Å². The highest BCUT2D eigenvalue weighted by Crippen LogP contribution is 2.14. The number of anilines is 1. The van der Waals surface area contributed by atoms with Crippen molar-refractivity contribution < 1.29 is 0 Å². The van der Waals surface area contributed by atoms with Crippen LogP contribution in [0.25, 0.3) is 5.65 Å². The number of alkyl halides is 1. The van der Waals surface area contributed by atoms with Crippen molar-refractivity contribution in [1.29, 1.82) is 0 Å². The van der Waals surface area contributed by atoms with Gasteiger partial charge in [-0.3, -0.25) is 4.40 Å². The Bertz CT molecular complexity index is 720. The van der Waals surface area contributed by atoms with Crippen molar-refractivity contribution >= 4 is 23.1 Å². The quantitative estimate of drug-likeness (QED) is 0.750. The Kier molecular flexibility index (Phi) is 3.52. The molecule has 102 valence electrons. The van der Waals surface area contributed by atoms with Crippen LogP contribution in [0.3, 0.4) is 0 Å². The normalized spacial score (nSPS) is 10.9. The lowest BCUT2D eigenvalue weighted by molar-refractivity contribution is 1.000. The molecule has 1 N–H and O–H groups in total. The van der Waals surface area contributed by atoms with E-state index in [4.69, 9.17) is 11.6 Å². The van der Waals surface area contributed by atoms with E-state index in [2.05, 4.69) is 32.6 Å². The van der Waals surface area contributed by atoms with Crippen molar-refractivity contribution in [2.75, 3.05) is 5.32 Å². The van der Waals surface area contributed by atoms with Gasteiger partial charge >= 0.3 is 0 Å². The van der Waals surface area contributed by atoms with Gasteiger partial charge in [0.2, 0.25) is 5.65 Å². The summed E-state index contributed by atoms with van der Waals surface area (Å²) in [6.07, 6.45) is 3.59. The zero-order valence-electron chi connectivity index (χ0n) is 11.0. The second kappa shape index (κ2) is 5.46. The van der Waals surface area contributed by atoms with Gasteiger partial charge in [0.25, 0.3) is 0 Å². The molecule has 0 bridgehead atoms. The standard InChI is InChI=1S/C14H14ClN5/c1-10-18-19-14-13(16-6-7-20(10)14)17-9-12-4-2-11(8-15)3-5-12/h2-7H,8-9H2,1H3,(H,16,17). The molecule has 0 amide bonds. The van der Waals surface area contributed by atoms with Crippen LogP contribution in [0, 0.1) is 6.92 Å². The lowest BCUT2D eigenvalue weighted by Gasteiger charge is -2.07. The van der Waals surface area contributed by atoms with E-state index in [1.54, 1.807) is 6.20 Å². The molecule has 0 unspecified atom stereocenters. The number of fused-ring (bicyclic) bond motifs is 1. The predicted octanol–water partition coefficient (Wildman–Crippen LogP) is 2.78. The summed E-state index contributed by atoms with van der Waals surface area (Å²) in [6.45, 7) is 2.59. The average molecular weight is 288 g/mol. The van der Waals surface area contributed by atoms with Crippen molar-refractivity contribution in [3.63, 3.8) is 0 Å². The molecule has 20 heavy (non-hydrogen) atoms. The van der Waals surface area contributed by atoms with Gasteiger partial charge in [0.15, 0.2) is 5.82 Å². The number of rotatable bonds is 4. The Morgan fingerprint density at radius 3 is 2.65 bits per heavy atom.